The first kappa shape index (κ1) is 12.4. The van der Waals surface area contributed by atoms with Crippen LogP contribution in [-0.2, 0) is 14.4 Å². The summed E-state index contributed by atoms with van der Waals surface area (Å²) in [5.74, 6) is -2.27. The lowest BCUT2D eigenvalue weighted by Gasteiger charge is -2.11. The molecular formula is C8H13N2O4. The fraction of sp³-hybridized carbons (Fsp3) is 0.625. The molecule has 79 valence electrons. The van der Waals surface area contributed by atoms with E-state index in [0.29, 0.717) is 6.42 Å². The molecule has 1 radical (unpaired) electrons. The van der Waals surface area contributed by atoms with Crippen LogP contribution < -0.4 is 11.1 Å². The predicted octanol–water partition coefficient (Wildman–Crippen LogP) is -0.444. The van der Waals surface area contributed by atoms with Gasteiger partial charge in [-0.3, -0.25) is 15.3 Å². The average molecular weight is 201 g/mol. The van der Waals surface area contributed by atoms with Crippen molar-refractivity contribution in [1.82, 2.24) is 11.1 Å². The van der Waals surface area contributed by atoms with Crippen molar-refractivity contribution in [2.75, 3.05) is 0 Å². The van der Waals surface area contributed by atoms with Crippen LogP contribution in [0.4, 0.5) is 0 Å². The van der Waals surface area contributed by atoms with E-state index in [1.807, 2.05) is 0 Å². The molecule has 3 N–H and O–H groups in total. The minimum absolute atomic E-state index is 0.0172. The zero-order valence-electron chi connectivity index (χ0n) is 7.87. The smallest absolute Gasteiger partial charge is 0.326 e. The Bertz CT molecular complexity index is 239. The van der Waals surface area contributed by atoms with Crippen LogP contribution in [-0.4, -0.2) is 28.9 Å². The molecule has 0 saturated heterocycles. The van der Waals surface area contributed by atoms with Crippen LogP contribution in [0.3, 0.4) is 0 Å². The second kappa shape index (κ2) is 5.95. The van der Waals surface area contributed by atoms with E-state index >= 15 is 0 Å². The molecule has 0 aromatic rings. The standard InChI is InChI=1S/C8H13N2O4/c1-5(11)10-6(8(13)14)3-2-4-7(9)12/h6,9H,2-4H2,1H3,(H,10,11)(H,13,14). The number of hydrogen-bond donors (Lipinski definition) is 2. The van der Waals surface area contributed by atoms with Crippen molar-refractivity contribution in [1.29, 1.82) is 0 Å². The third kappa shape index (κ3) is 5.99. The third-order valence-corrected chi connectivity index (χ3v) is 1.57. The van der Waals surface area contributed by atoms with E-state index in [0.717, 1.165) is 0 Å². The third-order valence-electron chi connectivity index (χ3n) is 1.57. The van der Waals surface area contributed by atoms with Crippen LogP contribution >= 0.6 is 0 Å². The summed E-state index contributed by atoms with van der Waals surface area (Å²) in [6.07, 6.45) is 0.475. The Labute approximate surface area is 81.5 Å². The molecule has 0 saturated carbocycles. The first-order chi connectivity index (χ1) is 6.43. The van der Waals surface area contributed by atoms with Gasteiger partial charge in [0.1, 0.15) is 6.04 Å². The van der Waals surface area contributed by atoms with Gasteiger partial charge in [-0.25, -0.2) is 4.79 Å². The Morgan fingerprint density at radius 1 is 1.43 bits per heavy atom. The Balaban J connectivity index is 3.91. The first-order valence-electron chi connectivity index (χ1n) is 4.18. The molecule has 0 aliphatic rings. The van der Waals surface area contributed by atoms with Gasteiger partial charge in [0.05, 0.1) is 0 Å². The summed E-state index contributed by atoms with van der Waals surface area (Å²) in [6.45, 7) is 1.23. The Kier molecular flexibility index (Phi) is 5.28. The lowest BCUT2D eigenvalue weighted by atomic mass is 10.1. The number of rotatable bonds is 6. The molecule has 0 heterocycles. The molecule has 0 fully saturated rings. The SMILES string of the molecule is CC(=O)NC(CCCC([NH])=O)C(=O)O. The van der Waals surface area contributed by atoms with E-state index in [9.17, 15) is 14.4 Å². The van der Waals surface area contributed by atoms with E-state index in [1.54, 1.807) is 0 Å². The fourth-order valence-corrected chi connectivity index (χ4v) is 0.969. The maximum Gasteiger partial charge on any atom is 0.326 e. The second-order valence-corrected chi connectivity index (χ2v) is 2.91. The summed E-state index contributed by atoms with van der Waals surface area (Å²) in [6, 6.07) is -0.966. The minimum Gasteiger partial charge on any atom is -0.480 e. The number of nitrogens with one attached hydrogen (secondary N) is 2. The summed E-state index contributed by atoms with van der Waals surface area (Å²) in [5.41, 5.74) is 6.60. The monoisotopic (exact) mass is 201 g/mol. The van der Waals surface area contributed by atoms with Crippen LogP contribution in [0.2, 0.25) is 0 Å². The molecule has 2 amide bonds. The van der Waals surface area contributed by atoms with Gasteiger partial charge in [0.15, 0.2) is 0 Å². The van der Waals surface area contributed by atoms with Gasteiger partial charge in [0.25, 0.3) is 0 Å². The Morgan fingerprint density at radius 2 is 2.00 bits per heavy atom. The van der Waals surface area contributed by atoms with E-state index in [2.05, 4.69) is 5.32 Å². The van der Waals surface area contributed by atoms with Gasteiger partial charge in [-0.1, -0.05) is 0 Å². The number of carboxylic acids is 1. The molecule has 6 nitrogen and oxygen atoms in total. The number of carboxylic acid groups (broad SMARTS) is 1. The van der Waals surface area contributed by atoms with Gasteiger partial charge in [-0.15, -0.1) is 0 Å². The number of aliphatic carboxylic acids is 1. The molecule has 0 bridgehead atoms. The number of carbonyl (C=O) groups excluding carboxylic acids is 2. The van der Waals surface area contributed by atoms with Crippen molar-refractivity contribution in [2.45, 2.75) is 32.2 Å². The van der Waals surface area contributed by atoms with Crippen molar-refractivity contribution in [3.05, 3.63) is 0 Å². The molecule has 1 atom stereocenters. The van der Waals surface area contributed by atoms with E-state index in [4.69, 9.17) is 10.8 Å². The molecule has 6 heteroatoms. The summed E-state index contributed by atoms with van der Waals surface area (Å²) >= 11 is 0. The van der Waals surface area contributed by atoms with Crippen LogP contribution in [0.15, 0.2) is 0 Å². The van der Waals surface area contributed by atoms with Crippen LogP contribution in [0.1, 0.15) is 26.2 Å². The molecule has 14 heavy (non-hydrogen) atoms. The summed E-state index contributed by atoms with van der Waals surface area (Å²) < 4.78 is 0. The summed E-state index contributed by atoms with van der Waals surface area (Å²) in [4.78, 5) is 31.4. The van der Waals surface area contributed by atoms with Crippen molar-refractivity contribution < 1.29 is 19.5 Å². The quantitative estimate of drug-likeness (QED) is 0.607. The molecule has 0 aliphatic carbocycles. The van der Waals surface area contributed by atoms with Crippen LogP contribution in [0.25, 0.3) is 0 Å². The average Bonchev–Trinajstić information content (AvgIpc) is 2.00. The maximum absolute atomic E-state index is 10.6. The van der Waals surface area contributed by atoms with Gasteiger partial charge in [0, 0.05) is 13.3 Å². The van der Waals surface area contributed by atoms with Gasteiger partial charge >= 0.3 is 5.97 Å². The fourth-order valence-electron chi connectivity index (χ4n) is 0.969. The topological polar surface area (TPSA) is 107 Å². The zero-order chi connectivity index (χ0) is 11.1. The predicted molar refractivity (Wildman–Crippen MR) is 47.2 cm³/mol. The summed E-state index contributed by atoms with van der Waals surface area (Å²) in [7, 11) is 0. The number of carbonyl (C=O) groups is 3. The first-order valence-corrected chi connectivity index (χ1v) is 4.18. The largest absolute Gasteiger partial charge is 0.480 e. The van der Waals surface area contributed by atoms with E-state index in [1.165, 1.54) is 6.92 Å². The van der Waals surface area contributed by atoms with Gasteiger partial charge in [-0.05, 0) is 12.8 Å². The normalized spacial score (nSPS) is 11.8. The molecule has 0 aliphatic heterocycles. The molecular weight excluding hydrogens is 188 g/mol. The summed E-state index contributed by atoms with van der Waals surface area (Å²) in [5, 5.41) is 10.9. The Morgan fingerprint density at radius 3 is 2.36 bits per heavy atom. The van der Waals surface area contributed by atoms with Crippen molar-refractivity contribution in [3.63, 3.8) is 0 Å². The molecule has 0 rings (SSSR count). The van der Waals surface area contributed by atoms with Crippen molar-refractivity contribution in [3.8, 4) is 0 Å². The Hall–Kier alpha value is -1.59. The molecule has 1 unspecified atom stereocenters. The van der Waals surface area contributed by atoms with Gasteiger partial charge < -0.3 is 10.4 Å². The van der Waals surface area contributed by atoms with Crippen molar-refractivity contribution >= 4 is 17.8 Å². The molecule has 0 spiro atoms. The van der Waals surface area contributed by atoms with Crippen LogP contribution in [0, 0.1) is 0 Å². The van der Waals surface area contributed by atoms with Crippen molar-refractivity contribution in [2.24, 2.45) is 0 Å². The lowest BCUT2D eigenvalue weighted by molar-refractivity contribution is -0.141. The number of hydrogen-bond acceptors (Lipinski definition) is 3. The minimum atomic E-state index is -1.13. The van der Waals surface area contributed by atoms with E-state index < -0.39 is 23.8 Å². The lowest BCUT2D eigenvalue weighted by Crippen LogP contribution is -2.39. The van der Waals surface area contributed by atoms with E-state index in [-0.39, 0.29) is 12.8 Å². The highest BCUT2D eigenvalue weighted by Gasteiger charge is 2.17. The number of amides is 2. The maximum atomic E-state index is 10.6. The highest BCUT2D eigenvalue weighted by atomic mass is 16.4. The van der Waals surface area contributed by atoms with Gasteiger partial charge in [0.2, 0.25) is 11.8 Å². The zero-order valence-corrected chi connectivity index (χ0v) is 7.87. The van der Waals surface area contributed by atoms with Gasteiger partial charge in [-0.2, -0.15) is 0 Å². The molecule has 0 aromatic heterocycles. The highest BCUT2D eigenvalue weighted by Crippen LogP contribution is 2.01. The second-order valence-electron chi connectivity index (χ2n) is 2.91. The van der Waals surface area contributed by atoms with Crippen LogP contribution in [0.5, 0.6) is 0 Å². The molecule has 0 aromatic carbocycles. The highest BCUT2D eigenvalue weighted by molar-refractivity contribution is 5.82.